The lowest BCUT2D eigenvalue weighted by Gasteiger charge is -2.12. The largest absolute Gasteiger partial charge is 0.491 e. The Hall–Kier alpha value is -4.74. The van der Waals surface area contributed by atoms with E-state index in [4.69, 9.17) is 18.9 Å². The highest BCUT2D eigenvalue weighted by atomic mass is 16.6. The molecule has 3 N–H and O–H groups in total. The number of aromatic nitrogens is 3. The monoisotopic (exact) mass is 526 g/mol. The lowest BCUT2D eigenvalue weighted by Crippen LogP contribution is -2.08. The molecule has 2 atom stereocenters. The Labute approximate surface area is 224 Å². The molecule has 2 aliphatic rings. The van der Waals surface area contributed by atoms with Crippen LogP contribution >= 0.6 is 0 Å². The van der Waals surface area contributed by atoms with Crippen LogP contribution in [-0.2, 0) is 9.47 Å². The molecule has 0 radical (unpaired) electrons. The van der Waals surface area contributed by atoms with Crippen molar-refractivity contribution in [3.63, 3.8) is 0 Å². The quantitative estimate of drug-likeness (QED) is 0.168. The SMILES string of the molecule is O=Cc1ccc(Nc2nc(Nc3ccc(OCC4CO4)cc3)nc(Nc3ccc(OCC4CO4)cc3)n2)cc1. The molecule has 3 aromatic carbocycles. The van der Waals surface area contributed by atoms with Crippen LogP contribution in [0.25, 0.3) is 0 Å². The van der Waals surface area contributed by atoms with Crippen LogP contribution in [0.2, 0.25) is 0 Å². The summed E-state index contributed by atoms with van der Waals surface area (Å²) in [7, 11) is 0. The molecule has 4 aromatic rings. The summed E-state index contributed by atoms with van der Waals surface area (Å²) in [4.78, 5) is 24.6. The van der Waals surface area contributed by atoms with E-state index in [9.17, 15) is 4.79 Å². The number of rotatable bonds is 13. The van der Waals surface area contributed by atoms with Crippen molar-refractivity contribution in [2.75, 3.05) is 42.4 Å². The third kappa shape index (κ3) is 7.18. The molecule has 2 unspecified atom stereocenters. The molecule has 198 valence electrons. The molecule has 6 rings (SSSR count). The Morgan fingerprint density at radius 2 is 1.00 bits per heavy atom. The van der Waals surface area contributed by atoms with Crippen LogP contribution in [0.5, 0.6) is 11.5 Å². The lowest BCUT2D eigenvalue weighted by atomic mass is 10.2. The zero-order chi connectivity index (χ0) is 26.4. The molecule has 0 bridgehead atoms. The Balaban J connectivity index is 1.18. The molecule has 0 amide bonds. The fourth-order valence-corrected chi connectivity index (χ4v) is 3.55. The van der Waals surface area contributed by atoms with E-state index in [-0.39, 0.29) is 12.2 Å². The Morgan fingerprint density at radius 3 is 1.33 bits per heavy atom. The van der Waals surface area contributed by atoms with Crippen molar-refractivity contribution in [1.29, 1.82) is 0 Å². The van der Waals surface area contributed by atoms with E-state index in [1.54, 1.807) is 24.3 Å². The first-order valence-electron chi connectivity index (χ1n) is 12.5. The fraction of sp³-hybridized carbons (Fsp3) is 0.214. The van der Waals surface area contributed by atoms with Gasteiger partial charge in [-0.15, -0.1) is 0 Å². The van der Waals surface area contributed by atoms with Gasteiger partial charge in [0.1, 0.15) is 43.2 Å². The van der Waals surface area contributed by atoms with Crippen LogP contribution in [0.1, 0.15) is 10.4 Å². The maximum Gasteiger partial charge on any atom is 0.233 e. The highest BCUT2D eigenvalue weighted by Gasteiger charge is 2.23. The summed E-state index contributed by atoms with van der Waals surface area (Å²) in [5.41, 5.74) is 2.87. The number of nitrogens with one attached hydrogen (secondary N) is 3. The normalized spacial score (nSPS) is 17.1. The molecule has 11 heteroatoms. The Morgan fingerprint density at radius 1 is 0.641 bits per heavy atom. The number of hydrogen-bond acceptors (Lipinski definition) is 11. The van der Waals surface area contributed by atoms with Crippen LogP contribution in [-0.4, -0.2) is 59.9 Å². The first-order valence-corrected chi connectivity index (χ1v) is 12.5. The lowest BCUT2D eigenvalue weighted by molar-refractivity contribution is 0.112. The van der Waals surface area contributed by atoms with Crippen molar-refractivity contribution in [3.05, 3.63) is 78.4 Å². The number of aldehydes is 1. The molecule has 0 spiro atoms. The first kappa shape index (κ1) is 24.6. The number of carbonyl (C=O) groups is 1. The summed E-state index contributed by atoms with van der Waals surface area (Å²) in [5.74, 6) is 2.51. The summed E-state index contributed by atoms with van der Waals surface area (Å²) < 4.78 is 21.8. The summed E-state index contributed by atoms with van der Waals surface area (Å²) in [6.45, 7) is 2.59. The molecule has 0 saturated carbocycles. The van der Waals surface area contributed by atoms with E-state index in [1.807, 2.05) is 48.5 Å². The van der Waals surface area contributed by atoms with E-state index in [2.05, 4.69) is 30.9 Å². The van der Waals surface area contributed by atoms with Crippen LogP contribution < -0.4 is 25.4 Å². The molecular weight excluding hydrogens is 500 g/mol. The highest BCUT2D eigenvalue weighted by molar-refractivity contribution is 5.76. The van der Waals surface area contributed by atoms with Gasteiger partial charge in [0.25, 0.3) is 0 Å². The maximum absolute atomic E-state index is 11.0. The van der Waals surface area contributed by atoms with Crippen LogP contribution in [0, 0.1) is 0 Å². The number of ether oxygens (including phenoxy) is 4. The number of benzene rings is 3. The van der Waals surface area contributed by atoms with E-state index in [1.165, 1.54) is 0 Å². The minimum absolute atomic E-state index is 0.195. The van der Waals surface area contributed by atoms with Gasteiger partial charge in [0.2, 0.25) is 17.8 Å². The smallest absolute Gasteiger partial charge is 0.233 e. The van der Waals surface area contributed by atoms with Gasteiger partial charge in [0.15, 0.2) is 0 Å². The zero-order valence-corrected chi connectivity index (χ0v) is 20.9. The minimum Gasteiger partial charge on any atom is -0.491 e. The van der Waals surface area contributed by atoms with Crippen molar-refractivity contribution in [3.8, 4) is 11.5 Å². The van der Waals surface area contributed by atoms with Gasteiger partial charge in [-0.05, 0) is 72.8 Å². The van der Waals surface area contributed by atoms with E-state index >= 15 is 0 Å². The van der Waals surface area contributed by atoms with Gasteiger partial charge in [0.05, 0.1) is 13.2 Å². The summed E-state index contributed by atoms with van der Waals surface area (Å²) in [6.07, 6.45) is 1.18. The molecule has 2 aliphatic heterocycles. The molecule has 39 heavy (non-hydrogen) atoms. The molecule has 2 fully saturated rings. The predicted molar refractivity (Wildman–Crippen MR) is 145 cm³/mol. The standard InChI is InChI=1S/C28H26N6O5/c35-13-18-1-3-19(4-2-18)29-26-32-27(30-20-5-9-22(10-6-20)36-14-24-16-38-24)34-28(33-26)31-21-7-11-23(12-8-21)37-15-25-17-39-25/h1-13,24-25H,14-17H2,(H3,29,30,31,32,33,34). The van der Waals surface area contributed by atoms with Crippen molar-refractivity contribution in [2.24, 2.45) is 0 Å². The zero-order valence-electron chi connectivity index (χ0n) is 20.9. The second-order valence-corrected chi connectivity index (χ2v) is 9.00. The van der Waals surface area contributed by atoms with Gasteiger partial charge in [-0.3, -0.25) is 4.79 Å². The molecule has 3 heterocycles. The van der Waals surface area contributed by atoms with Crippen molar-refractivity contribution in [1.82, 2.24) is 15.0 Å². The summed E-state index contributed by atoms with van der Waals surface area (Å²) in [5, 5.41) is 9.61. The third-order valence-corrected chi connectivity index (χ3v) is 5.84. The third-order valence-electron chi connectivity index (χ3n) is 5.84. The maximum atomic E-state index is 11.0. The van der Waals surface area contributed by atoms with Gasteiger partial charge in [-0.2, -0.15) is 15.0 Å². The number of carbonyl (C=O) groups excluding carboxylic acids is 1. The Kier molecular flexibility index (Phi) is 7.15. The molecule has 0 aliphatic carbocycles. The molecule has 11 nitrogen and oxygen atoms in total. The topological polar surface area (TPSA) is 135 Å². The summed E-state index contributed by atoms with van der Waals surface area (Å²) >= 11 is 0. The molecule has 1 aromatic heterocycles. The first-order chi connectivity index (χ1) is 19.2. The number of epoxide rings is 2. The molecular formula is C28H26N6O5. The van der Waals surface area contributed by atoms with Crippen LogP contribution in [0.15, 0.2) is 72.8 Å². The Bertz CT molecular complexity index is 1330. The van der Waals surface area contributed by atoms with E-state index in [0.29, 0.717) is 36.6 Å². The second-order valence-electron chi connectivity index (χ2n) is 9.00. The van der Waals surface area contributed by atoms with Crippen LogP contribution in [0.4, 0.5) is 34.9 Å². The number of nitrogens with zero attached hydrogens (tertiary/aromatic N) is 3. The average molecular weight is 527 g/mol. The van der Waals surface area contributed by atoms with Crippen molar-refractivity contribution < 1.29 is 23.7 Å². The van der Waals surface area contributed by atoms with Gasteiger partial charge in [-0.25, -0.2) is 0 Å². The van der Waals surface area contributed by atoms with Crippen LogP contribution in [0.3, 0.4) is 0 Å². The van der Waals surface area contributed by atoms with Crippen molar-refractivity contribution in [2.45, 2.75) is 12.2 Å². The highest BCUT2D eigenvalue weighted by Crippen LogP contribution is 2.24. The van der Waals surface area contributed by atoms with Gasteiger partial charge >= 0.3 is 0 Å². The molecule has 2 saturated heterocycles. The summed E-state index contributed by atoms with van der Waals surface area (Å²) in [6, 6.07) is 22.0. The number of anilines is 6. The second kappa shape index (κ2) is 11.3. The van der Waals surface area contributed by atoms with Gasteiger partial charge < -0.3 is 34.9 Å². The minimum atomic E-state index is 0.195. The van der Waals surface area contributed by atoms with E-state index < -0.39 is 0 Å². The fourth-order valence-electron chi connectivity index (χ4n) is 3.55. The van der Waals surface area contributed by atoms with Gasteiger partial charge in [0, 0.05) is 22.6 Å². The predicted octanol–water partition coefficient (Wildman–Crippen LogP) is 4.47. The average Bonchev–Trinajstić information content (AvgIpc) is 3.89. The number of hydrogen-bond donors (Lipinski definition) is 3. The van der Waals surface area contributed by atoms with Gasteiger partial charge in [-0.1, -0.05) is 0 Å². The van der Waals surface area contributed by atoms with E-state index in [0.717, 1.165) is 48.1 Å². The van der Waals surface area contributed by atoms with Crippen molar-refractivity contribution >= 4 is 41.2 Å².